The van der Waals surface area contributed by atoms with Crippen LogP contribution in [0.15, 0.2) is 57.7 Å². The number of benzene rings is 1. The highest BCUT2D eigenvalue weighted by atomic mass is 79.9. The summed E-state index contributed by atoms with van der Waals surface area (Å²) in [4.78, 5) is 11.9. The first-order valence-electron chi connectivity index (χ1n) is 8.95. The Kier molecular flexibility index (Phi) is 4.02. The van der Waals surface area contributed by atoms with E-state index >= 15 is 0 Å². The Morgan fingerprint density at radius 3 is 2.73 bits per heavy atom. The molecule has 0 bridgehead atoms. The highest BCUT2D eigenvalue weighted by Gasteiger charge is 2.25. The predicted molar refractivity (Wildman–Crippen MR) is 104 cm³/mol. The average Bonchev–Trinajstić information content (AvgIpc) is 3.25. The molecule has 1 aliphatic rings. The minimum atomic E-state index is 0.413. The molecule has 3 aromatic heterocycles. The minimum Gasteiger partial charge on any atom is -0.440 e. The van der Waals surface area contributed by atoms with Crippen molar-refractivity contribution in [3.05, 3.63) is 64.8 Å². The lowest BCUT2D eigenvalue weighted by atomic mass is 9.97. The van der Waals surface area contributed by atoms with E-state index in [1.807, 2.05) is 42.6 Å². The fourth-order valence-corrected chi connectivity index (χ4v) is 4.08. The Morgan fingerprint density at radius 2 is 1.88 bits per heavy atom. The third kappa shape index (κ3) is 3.04. The number of aromatic nitrogens is 3. The second-order valence-electron chi connectivity index (χ2n) is 6.92. The molecule has 1 aromatic carbocycles. The number of fused-ring (bicyclic) bond motifs is 2. The Balaban J connectivity index is 1.26. The van der Waals surface area contributed by atoms with E-state index in [1.54, 1.807) is 0 Å². The molecule has 0 amide bonds. The first-order valence-corrected chi connectivity index (χ1v) is 9.75. The van der Waals surface area contributed by atoms with E-state index in [2.05, 4.69) is 36.4 Å². The lowest BCUT2D eigenvalue weighted by Gasteiger charge is -2.29. The number of pyridine rings is 1. The summed E-state index contributed by atoms with van der Waals surface area (Å²) in [7, 11) is 0. The Morgan fingerprint density at radius 1 is 1.04 bits per heavy atom. The van der Waals surface area contributed by atoms with Crippen molar-refractivity contribution in [1.29, 1.82) is 0 Å². The normalized spacial score (nSPS) is 16.7. The number of likely N-dealkylation sites (tertiary alicyclic amines) is 1. The third-order valence-electron chi connectivity index (χ3n) is 5.10. The minimum absolute atomic E-state index is 0.413. The van der Waals surface area contributed by atoms with E-state index in [0.29, 0.717) is 5.92 Å². The summed E-state index contributed by atoms with van der Waals surface area (Å²) < 4.78 is 9.10. The van der Waals surface area contributed by atoms with Gasteiger partial charge in [-0.15, -0.1) is 0 Å². The van der Waals surface area contributed by atoms with Crippen LogP contribution in [-0.2, 0) is 6.54 Å². The summed E-state index contributed by atoms with van der Waals surface area (Å²) in [5, 5.41) is 0. The van der Waals surface area contributed by atoms with E-state index in [1.165, 1.54) is 0 Å². The van der Waals surface area contributed by atoms with E-state index in [4.69, 9.17) is 9.40 Å². The van der Waals surface area contributed by atoms with Gasteiger partial charge in [-0.05, 0) is 66.1 Å². The zero-order valence-corrected chi connectivity index (χ0v) is 15.9. The summed E-state index contributed by atoms with van der Waals surface area (Å²) in [6.45, 7) is 2.97. The highest BCUT2D eigenvalue weighted by Crippen LogP contribution is 2.30. The molecule has 5 nitrogen and oxygen atoms in total. The van der Waals surface area contributed by atoms with Crippen molar-refractivity contribution in [3.8, 4) is 0 Å². The van der Waals surface area contributed by atoms with Gasteiger partial charge < -0.3 is 8.82 Å². The van der Waals surface area contributed by atoms with Crippen molar-refractivity contribution in [2.45, 2.75) is 25.3 Å². The van der Waals surface area contributed by atoms with Gasteiger partial charge in [0.25, 0.3) is 0 Å². The zero-order chi connectivity index (χ0) is 17.5. The summed E-state index contributed by atoms with van der Waals surface area (Å²) in [6, 6.07) is 12.1. The highest BCUT2D eigenvalue weighted by molar-refractivity contribution is 9.10. The molecular formula is C20H19BrN4O. The van der Waals surface area contributed by atoms with Crippen LogP contribution >= 0.6 is 15.9 Å². The molecule has 4 heterocycles. The molecule has 1 fully saturated rings. The van der Waals surface area contributed by atoms with Crippen LogP contribution in [0.3, 0.4) is 0 Å². The molecule has 0 atom stereocenters. The van der Waals surface area contributed by atoms with Crippen molar-refractivity contribution < 1.29 is 4.42 Å². The quantitative estimate of drug-likeness (QED) is 0.494. The van der Waals surface area contributed by atoms with Crippen LogP contribution < -0.4 is 0 Å². The van der Waals surface area contributed by atoms with Crippen LogP contribution in [0.4, 0.5) is 0 Å². The molecular weight excluding hydrogens is 392 g/mol. The number of halogens is 1. The SMILES string of the molecule is Brc1ccc2nc(CN3CCC(c4nc5ccccc5o4)CC3)cn2c1. The molecule has 0 aliphatic carbocycles. The van der Waals surface area contributed by atoms with E-state index < -0.39 is 0 Å². The van der Waals surface area contributed by atoms with E-state index in [-0.39, 0.29) is 0 Å². The topological polar surface area (TPSA) is 46.6 Å². The fraction of sp³-hybridized carbons (Fsp3) is 0.300. The lowest BCUT2D eigenvalue weighted by Crippen LogP contribution is -2.32. The van der Waals surface area contributed by atoms with Gasteiger partial charge in [-0.3, -0.25) is 4.90 Å². The van der Waals surface area contributed by atoms with Crippen molar-refractivity contribution in [2.75, 3.05) is 13.1 Å². The molecule has 0 unspecified atom stereocenters. The fourth-order valence-electron chi connectivity index (χ4n) is 3.73. The molecule has 132 valence electrons. The van der Waals surface area contributed by atoms with Gasteiger partial charge >= 0.3 is 0 Å². The summed E-state index contributed by atoms with van der Waals surface area (Å²) in [6.07, 6.45) is 6.32. The Labute approximate surface area is 159 Å². The Bertz CT molecular complexity index is 1030. The molecule has 0 spiro atoms. The van der Waals surface area contributed by atoms with Gasteiger partial charge in [-0.2, -0.15) is 0 Å². The molecule has 0 radical (unpaired) electrons. The van der Waals surface area contributed by atoms with Crippen LogP contribution in [-0.4, -0.2) is 32.4 Å². The second-order valence-corrected chi connectivity index (χ2v) is 7.83. The lowest BCUT2D eigenvalue weighted by molar-refractivity contribution is 0.192. The molecule has 0 N–H and O–H groups in total. The van der Waals surface area contributed by atoms with Crippen LogP contribution in [0, 0.1) is 0 Å². The van der Waals surface area contributed by atoms with Crippen LogP contribution in [0.2, 0.25) is 0 Å². The number of imidazole rings is 1. The van der Waals surface area contributed by atoms with Gasteiger partial charge in [0, 0.05) is 29.3 Å². The maximum atomic E-state index is 5.96. The van der Waals surface area contributed by atoms with Crippen LogP contribution in [0.5, 0.6) is 0 Å². The monoisotopic (exact) mass is 410 g/mol. The average molecular weight is 411 g/mol. The van der Waals surface area contributed by atoms with Crippen LogP contribution in [0.1, 0.15) is 30.3 Å². The van der Waals surface area contributed by atoms with Gasteiger partial charge in [-0.1, -0.05) is 12.1 Å². The smallest absolute Gasteiger partial charge is 0.198 e. The van der Waals surface area contributed by atoms with Crippen molar-refractivity contribution in [1.82, 2.24) is 19.3 Å². The molecule has 4 aromatic rings. The number of para-hydroxylation sites is 2. The molecule has 1 aliphatic heterocycles. The standard InChI is InChI=1S/C20H19BrN4O/c21-15-5-6-19-22-16(13-25(19)11-15)12-24-9-7-14(8-10-24)20-23-17-3-1-2-4-18(17)26-20/h1-6,11,13-14H,7-10,12H2. The molecule has 5 rings (SSSR count). The zero-order valence-electron chi connectivity index (χ0n) is 14.3. The number of piperidine rings is 1. The first-order chi connectivity index (χ1) is 12.7. The number of hydrogen-bond donors (Lipinski definition) is 0. The molecule has 6 heteroatoms. The van der Waals surface area contributed by atoms with Gasteiger partial charge in [-0.25, -0.2) is 9.97 Å². The number of nitrogens with zero attached hydrogens (tertiary/aromatic N) is 4. The van der Waals surface area contributed by atoms with Gasteiger partial charge in [0.2, 0.25) is 0 Å². The van der Waals surface area contributed by atoms with Gasteiger partial charge in [0.05, 0.1) is 5.69 Å². The second kappa shape index (κ2) is 6.52. The van der Waals surface area contributed by atoms with Gasteiger partial charge in [0.1, 0.15) is 11.2 Å². The summed E-state index contributed by atoms with van der Waals surface area (Å²) >= 11 is 3.51. The summed E-state index contributed by atoms with van der Waals surface area (Å²) in [5.74, 6) is 1.30. The van der Waals surface area contributed by atoms with Crippen LogP contribution in [0.25, 0.3) is 16.7 Å². The van der Waals surface area contributed by atoms with Crippen molar-refractivity contribution in [3.63, 3.8) is 0 Å². The predicted octanol–water partition coefficient (Wildman–Crippen LogP) is 4.62. The maximum absolute atomic E-state index is 5.96. The number of oxazole rings is 1. The molecule has 0 saturated carbocycles. The van der Waals surface area contributed by atoms with Gasteiger partial charge in [0.15, 0.2) is 11.5 Å². The number of hydrogen-bond acceptors (Lipinski definition) is 4. The van der Waals surface area contributed by atoms with Crippen molar-refractivity contribution >= 4 is 32.7 Å². The van der Waals surface area contributed by atoms with E-state index in [0.717, 1.165) is 65.3 Å². The molecule has 1 saturated heterocycles. The largest absolute Gasteiger partial charge is 0.440 e. The summed E-state index contributed by atoms with van der Waals surface area (Å²) in [5.41, 5.74) is 3.95. The Hall–Kier alpha value is -2.18. The molecule has 26 heavy (non-hydrogen) atoms. The third-order valence-corrected chi connectivity index (χ3v) is 5.57. The first kappa shape index (κ1) is 16.0. The number of rotatable bonds is 3. The van der Waals surface area contributed by atoms with E-state index in [9.17, 15) is 0 Å². The maximum Gasteiger partial charge on any atom is 0.198 e. The van der Waals surface area contributed by atoms with Crippen molar-refractivity contribution in [2.24, 2.45) is 0 Å².